The summed E-state index contributed by atoms with van der Waals surface area (Å²) in [4.78, 5) is 36.7. The first-order valence-corrected chi connectivity index (χ1v) is 9.54. The fourth-order valence-corrected chi connectivity index (χ4v) is 3.26. The SMILES string of the molecule is CCc1cc(C(C)=O)ccc1CC(=O)/C(=C/c1cc(F)cc(NC)c1C)C(C)=O. The van der Waals surface area contributed by atoms with E-state index in [9.17, 15) is 18.8 Å². The zero-order valence-corrected chi connectivity index (χ0v) is 17.5. The number of carbonyl (C=O) groups is 3. The second kappa shape index (κ2) is 9.41. The molecule has 0 aromatic heterocycles. The highest BCUT2D eigenvalue weighted by molar-refractivity contribution is 6.23. The number of anilines is 1. The van der Waals surface area contributed by atoms with Crippen LogP contribution in [0.25, 0.3) is 6.08 Å². The number of ketones is 3. The molecule has 0 saturated heterocycles. The molecule has 152 valence electrons. The van der Waals surface area contributed by atoms with Crippen LogP contribution in [0.4, 0.5) is 10.1 Å². The molecule has 0 unspecified atom stereocenters. The number of halogens is 1. The Balaban J connectivity index is 2.44. The Labute approximate surface area is 170 Å². The highest BCUT2D eigenvalue weighted by atomic mass is 19.1. The van der Waals surface area contributed by atoms with E-state index in [4.69, 9.17) is 0 Å². The average Bonchev–Trinajstić information content (AvgIpc) is 2.67. The van der Waals surface area contributed by atoms with Crippen LogP contribution in [0.3, 0.4) is 0 Å². The second-order valence-corrected chi connectivity index (χ2v) is 7.02. The molecule has 4 nitrogen and oxygen atoms in total. The van der Waals surface area contributed by atoms with Crippen LogP contribution in [0, 0.1) is 12.7 Å². The van der Waals surface area contributed by atoms with Crippen molar-refractivity contribution in [2.75, 3.05) is 12.4 Å². The smallest absolute Gasteiger partial charge is 0.170 e. The number of nitrogens with one attached hydrogen (secondary N) is 1. The molecule has 2 aromatic rings. The van der Waals surface area contributed by atoms with Gasteiger partial charge in [-0.3, -0.25) is 14.4 Å². The van der Waals surface area contributed by atoms with Gasteiger partial charge in [-0.25, -0.2) is 4.39 Å². The molecule has 0 heterocycles. The van der Waals surface area contributed by atoms with Gasteiger partial charge in [0.05, 0.1) is 5.57 Å². The first-order valence-electron chi connectivity index (χ1n) is 9.54. The molecule has 0 radical (unpaired) electrons. The standard InChI is InChI=1S/C24H26FNO3/c1-6-17-9-18(15(3)27)7-8-19(17)12-24(29)22(16(4)28)11-20-10-21(25)13-23(26-5)14(20)2/h7-11,13,26H,6,12H2,1-5H3/b22-11+. The third-order valence-corrected chi connectivity index (χ3v) is 5.01. The maximum Gasteiger partial charge on any atom is 0.170 e. The molecule has 5 heteroatoms. The minimum absolute atomic E-state index is 0.0263. The summed E-state index contributed by atoms with van der Waals surface area (Å²) in [5.41, 5.74) is 4.12. The van der Waals surface area contributed by atoms with Crippen LogP contribution >= 0.6 is 0 Å². The third kappa shape index (κ3) is 5.25. The Morgan fingerprint density at radius 2 is 1.76 bits per heavy atom. The van der Waals surface area contributed by atoms with Crippen LogP contribution in [0.15, 0.2) is 35.9 Å². The first kappa shape index (κ1) is 22.2. The van der Waals surface area contributed by atoms with Gasteiger partial charge in [-0.2, -0.15) is 0 Å². The van der Waals surface area contributed by atoms with Gasteiger partial charge in [0.2, 0.25) is 0 Å². The maximum atomic E-state index is 13.9. The van der Waals surface area contributed by atoms with Crippen LogP contribution in [0.2, 0.25) is 0 Å². The molecular formula is C24H26FNO3. The normalized spacial score (nSPS) is 11.3. The van der Waals surface area contributed by atoms with Crippen LogP contribution < -0.4 is 5.32 Å². The molecule has 0 saturated carbocycles. The molecule has 29 heavy (non-hydrogen) atoms. The van der Waals surface area contributed by atoms with Crippen LogP contribution in [-0.2, 0) is 22.4 Å². The Bertz CT molecular complexity index is 1010. The van der Waals surface area contributed by atoms with Crippen molar-refractivity contribution in [2.45, 2.75) is 40.5 Å². The first-order chi connectivity index (χ1) is 13.7. The number of rotatable bonds is 8. The van der Waals surface area contributed by atoms with Crippen LogP contribution in [0.1, 0.15) is 53.4 Å². The molecule has 0 fully saturated rings. The van der Waals surface area contributed by atoms with Crippen molar-refractivity contribution in [3.05, 3.63) is 69.5 Å². The Morgan fingerprint density at radius 3 is 2.31 bits per heavy atom. The molecule has 0 aliphatic rings. The fourth-order valence-electron chi connectivity index (χ4n) is 3.26. The van der Waals surface area contributed by atoms with Crippen LogP contribution in [-0.4, -0.2) is 24.4 Å². The van der Waals surface area contributed by atoms with Gasteiger partial charge >= 0.3 is 0 Å². The number of benzene rings is 2. The number of aryl methyl sites for hydroxylation is 1. The lowest BCUT2D eigenvalue weighted by molar-refractivity contribution is -0.119. The largest absolute Gasteiger partial charge is 0.388 e. The quantitative estimate of drug-likeness (QED) is 0.304. The van der Waals surface area contributed by atoms with Crippen molar-refractivity contribution in [2.24, 2.45) is 0 Å². The predicted molar refractivity (Wildman–Crippen MR) is 114 cm³/mol. The summed E-state index contributed by atoms with van der Waals surface area (Å²) >= 11 is 0. The Kier molecular flexibility index (Phi) is 7.21. The summed E-state index contributed by atoms with van der Waals surface area (Å²) in [6.45, 7) is 6.58. The molecule has 0 amide bonds. The van der Waals surface area contributed by atoms with Gasteiger partial charge in [-0.05, 0) is 73.7 Å². The fraction of sp³-hybridized carbons (Fsp3) is 0.292. The summed E-state index contributed by atoms with van der Waals surface area (Å²) in [7, 11) is 1.68. The molecule has 2 rings (SSSR count). The second-order valence-electron chi connectivity index (χ2n) is 7.02. The molecular weight excluding hydrogens is 369 g/mol. The Morgan fingerprint density at radius 1 is 1.07 bits per heavy atom. The predicted octanol–water partition coefficient (Wildman–Crippen LogP) is 4.73. The van der Waals surface area contributed by atoms with Gasteiger partial charge < -0.3 is 5.32 Å². The monoisotopic (exact) mass is 395 g/mol. The highest BCUT2D eigenvalue weighted by Gasteiger charge is 2.18. The number of carbonyl (C=O) groups excluding carboxylic acids is 3. The van der Waals surface area contributed by atoms with Gasteiger partial charge in [0.15, 0.2) is 17.3 Å². The van der Waals surface area contributed by atoms with E-state index in [0.717, 1.165) is 16.7 Å². The van der Waals surface area contributed by atoms with Crippen LogP contribution in [0.5, 0.6) is 0 Å². The van der Waals surface area contributed by atoms with E-state index in [-0.39, 0.29) is 29.3 Å². The van der Waals surface area contributed by atoms with E-state index in [1.54, 1.807) is 32.2 Å². The van der Waals surface area contributed by atoms with Crippen molar-refractivity contribution >= 4 is 29.1 Å². The minimum atomic E-state index is -0.449. The van der Waals surface area contributed by atoms with Crippen molar-refractivity contribution in [1.82, 2.24) is 0 Å². The molecule has 0 aliphatic carbocycles. The summed E-state index contributed by atoms with van der Waals surface area (Å²) in [5, 5.41) is 2.91. The van der Waals surface area contributed by atoms with E-state index in [2.05, 4.69) is 5.32 Å². The zero-order chi connectivity index (χ0) is 21.7. The van der Waals surface area contributed by atoms with Gasteiger partial charge in [0, 0.05) is 24.7 Å². The van der Waals surface area contributed by atoms with Gasteiger partial charge in [0.1, 0.15) is 5.82 Å². The molecule has 0 bridgehead atoms. The number of hydrogen-bond donors (Lipinski definition) is 1. The van der Waals surface area contributed by atoms with Crippen molar-refractivity contribution in [3.8, 4) is 0 Å². The summed E-state index contributed by atoms with van der Waals surface area (Å²) in [5.74, 6) is -1.20. The highest BCUT2D eigenvalue weighted by Crippen LogP contribution is 2.24. The maximum absolute atomic E-state index is 13.9. The van der Waals surface area contributed by atoms with Crippen molar-refractivity contribution in [1.29, 1.82) is 0 Å². The van der Waals surface area contributed by atoms with Gasteiger partial charge in [-0.15, -0.1) is 0 Å². The van der Waals surface area contributed by atoms with Gasteiger partial charge in [0.25, 0.3) is 0 Å². The summed E-state index contributed by atoms with van der Waals surface area (Å²) < 4.78 is 13.9. The lowest BCUT2D eigenvalue weighted by Gasteiger charge is -2.12. The van der Waals surface area contributed by atoms with E-state index < -0.39 is 5.82 Å². The van der Waals surface area contributed by atoms with Crippen molar-refractivity contribution in [3.63, 3.8) is 0 Å². The van der Waals surface area contributed by atoms with E-state index in [1.165, 1.54) is 32.1 Å². The zero-order valence-electron chi connectivity index (χ0n) is 17.5. The van der Waals surface area contributed by atoms with Crippen molar-refractivity contribution < 1.29 is 18.8 Å². The minimum Gasteiger partial charge on any atom is -0.388 e. The molecule has 0 spiro atoms. The average molecular weight is 395 g/mol. The number of hydrogen-bond acceptors (Lipinski definition) is 4. The lowest BCUT2D eigenvalue weighted by Crippen LogP contribution is -2.14. The topological polar surface area (TPSA) is 63.2 Å². The summed E-state index contributed by atoms with van der Waals surface area (Å²) in [6, 6.07) is 7.92. The number of allylic oxidation sites excluding steroid dienone is 1. The molecule has 0 aliphatic heterocycles. The Hall–Kier alpha value is -3.08. The number of Topliss-reactive ketones (excluding diaryl/α,β-unsaturated/α-hetero) is 3. The van der Waals surface area contributed by atoms with E-state index in [0.29, 0.717) is 23.2 Å². The molecule has 1 N–H and O–H groups in total. The van der Waals surface area contributed by atoms with Gasteiger partial charge in [-0.1, -0.05) is 19.1 Å². The van der Waals surface area contributed by atoms with E-state index >= 15 is 0 Å². The van der Waals surface area contributed by atoms with E-state index in [1.807, 2.05) is 6.92 Å². The third-order valence-electron chi connectivity index (χ3n) is 5.01. The lowest BCUT2D eigenvalue weighted by atomic mass is 9.92. The molecule has 0 atom stereocenters. The summed E-state index contributed by atoms with van der Waals surface area (Å²) in [6.07, 6.45) is 2.16. The molecule has 2 aromatic carbocycles.